The average Bonchev–Trinajstić information content (AvgIpc) is 2.86. The van der Waals surface area contributed by atoms with Gasteiger partial charge in [-0.1, -0.05) is 0 Å². The quantitative estimate of drug-likeness (QED) is 0.0948. The Labute approximate surface area is 386 Å². The SMILES string of the molecule is PP(P)P(P(P)P)P(P(P)P)C(P(P(P)P)P(P)P)(P(P(P(P)P)P(P)P)P(P(P)P)P(P)P)P(P(P(P)P)P(P)P)P(P(P)P)P(P)P. The van der Waals surface area contributed by atoms with Crippen molar-refractivity contribution in [3.05, 3.63) is 0 Å². The average molecular weight is 1550 g/mol. The van der Waals surface area contributed by atoms with Gasteiger partial charge in [0.2, 0.25) is 0 Å². The fourth-order valence-electron chi connectivity index (χ4n) is 3.47. The molecule has 0 heterocycles. The lowest BCUT2D eigenvalue weighted by atomic mass is 11.8. The molecule has 0 aliphatic rings. The molecule has 0 nitrogen and oxygen atoms in total. The maximum Gasteiger partial charge on any atom is 0.0857 e. The highest BCUT2D eigenvalue weighted by atomic mass is 33.3. The zero-order valence-corrected chi connectivity index (χ0v) is 75.0. The molecule has 0 aromatic heterocycles. The van der Waals surface area contributed by atoms with Gasteiger partial charge in [-0.2, -0.15) is 0 Å². The van der Waals surface area contributed by atoms with Gasteiger partial charge in [-0.3, -0.25) is 0 Å². The fraction of sp³-hybridized carbons (Fsp3) is 1.00. The first-order valence-electron chi connectivity index (χ1n) is 11.2. The minimum Gasteiger partial charge on any atom is -0.102 e. The second kappa shape index (κ2) is 36.6. The summed E-state index contributed by atoms with van der Waals surface area (Å²) in [6, 6.07) is 0. The third-order valence-corrected chi connectivity index (χ3v) is 275. The Morgan fingerprint density at radius 1 is 0.163 bits per heavy atom. The van der Waals surface area contributed by atoms with Crippen LogP contribution in [0.1, 0.15) is 0 Å². The predicted molar refractivity (Wildman–Crippen MR) is 407 cm³/mol. The Kier molecular flexibility index (Phi) is 52.0. The van der Waals surface area contributed by atoms with Gasteiger partial charge in [-0.25, -0.2) is 0 Å². The van der Waals surface area contributed by atoms with Gasteiger partial charge in [0.15, 0.2) is 0 Å². The molecular formula is CH52P48. The predicted octanol–water partition coefficient (Wildman–Crippen LogP) is 27.2. The van der Waals surface area contributed by atoms with Crippen LogP contribution >= 0.6 is 387 Å². The summed E-state index contributed by atoms with van der Waals surface area (Å²) in [5.41, 5.74) is 0. The van der Waals surface area contributed by atoms with E-state index in [1.54, 1.807) is 0 Å². The Balaban J connectivity index is 10.1. The van der Waals surface area contributed by atoms with Crippen LogP contribution in [0.25, 0.3) is 0 Å². The van der Waals surface area contributed by atoms with E-state index in [0.29, 0.717) is 4.38 Å². The summed E-state index contributed by atoms with van der Waals surface area (Å²) in [7, 11) is 89.7. The minimum atomic E-state index is -0.330. The van der Waals surface area contributed by atoms with Crippen molar-refractivity contribution >= 4 is 387 Å². The van der Waals surface area contributed by atoms with Gasteiger partial charge in [0.05, 0.1) is 4.38 Å². The summed E-state index contributed by atoms with van der Waals surface area (Å²) >= 11 is 0. The molecule has 296 valence electrons. The summed E-state index contributed by atoms with van der Waals surface area (Å²) in [5.74, 6) is 0. The molecule has 0 rings (SSSR count). The van der Waals surface area contributed by atoms with Crippen molar-refractivity contribution in [1.82, 2.24) is 0 Å². The van der Waals surface area contributed by atoms with Crippen LogP contribution in [0.4, 0.5) is 0 Å². The van der Waals surface area contributed by atoms with E-state index in [1.165, 1.54) is 0 Å². The molecule has 27 atom stereocenters. The molecule has 0 amide bonds. The van der Waals surface area contributed by atoms with Crippen LogP contribution in [0, 0.1) is 0 Å². The third-order valence-electron chi connectivity index (χ3n) is 4.64. The van der Waals surface area contributed by atoms with E-state index < -0.39 is 0 Å². The first kappa shape index (κ1) is 69.6. The van der Waals surface area contributed by atoms with Crippen molar-refractivity contribution in [3.8, 4) is 0 Å². The Morgan fingerprint density at radius 3 is 0.429 bits per heavy atom. The van der Waals surface area contributed by atoms with E-state index in [0.717, 1.165) is 0 Å². The second-order valence-electron chi connectivity index (χ2n) is 8.04. The maximum absolute atomic E-state index is 3.60. The van der Waals surface area contributed by atoms with Crippen molar-refractivity contribution in [1.29, 1.82) is 0 Å². The van der Waals surface area contributed by atoms with Crippen LogP contribution in [0.15, 0.2) is 0 Å². The molecule has 0 N–H and O–H groups in total. The Morgan fingerprint density at radius 2 is 0.306 bits per heavy atom. The van der Waals surface area contributed by atoms with Crippen LogP contribution in [-0.4, -0.2) is 4.38 Å². The maximum atomic E-state index is 3.60. The minimum absolute atomic E-state index is 0.214. The largest absolute Gasteiger partial charge is 0.102 e. The van der Waals surface area contributed by atoms with Gasteiger partial charge in [0.25, 0.3) is 0 Å². The summed E-state index contributed by atoms with van der Waals surface area (Å²) in [6.45, 7) is -4.59. The molecule has 0 aliphatic heterocycles. The highest BCUT2D eigenvalue weighted by Gasteiger charge is 2.69. The zero-order valence-electron chi connectivity index (χ0n) is 25.3. The number of hydrogen-bond donors (Lipinski definition) is 0. The molecular weight excluding hydrogens is 1500 g/mol. The van der Waals surface area contributed by atoms with Crippen LogP contribution in [-0.2, 0) is 0 Å². The first-order valence-corrected chi connectivity index (χ1v) is 95.5. The summed E-state index contributed by atoms with van der Waals surface area (Å²) in [6.07, 6.45) is 0. The van der Waals surface area contributed by atoms with E-state index in [-0.39, 0.29) is 155 Å². The number of hydrogen-bond acceptors (Lipinski definition) is 0. The number of rotatable bonds is 22. The monoisotopic (exact) mass is 1550 g/mol. The van der Waals surface area contributed by atoms with Gasteiger partial charge in [0.1, 0.15) is 0 Å². The van der Waals surface area contributed by atoms with Crippen molar-refractivity contribution in [2.75, 3.05) is 0 Å². The lowest BCUT2D eigenvalue weighted by Crippen LogP contribution is -2.13. The highest BCUT2D eigenvalue weighted by Crippen LogP contribution is 3.40. The van der Waals surface area contributed by atoms with Crippen molar-refractivity contribution in [2.45, 2.75) is 4.38 Å². The van der Waals surface area contributed by atoms with Crippen molar-refractivity contribution < 1.29 is 0 Å². The first-order chi connectivity index (χ1) is 22.2. The van der Waals surface area contributed by atoms with Crippen LogP contribution < -0.4 is 0 Å². The van der Waals surface area contributed by atoms with E-state index >= 15 is 0 Å². The molecule has 0 saturated carbocycles. The molecule has 0 aromatic rings. The molecule has 0 radical (unpaired) electrons. The van der Waals surface area contributed by atoms with Gasteiger partial charge in [-0.05, 0) is 155 Å². The standard InChI is InChI=1S/CH52P48/c2-32(3)28(33(4)5)1(29(34(6)7)45(35(8)9)36(10)11,30(46(37(12)13)38(14)15)47(39(16)17)40(18)19)31(48(41(20)21)42(22)23)49(43(24)25)44(26)27/h2-27H2. The second-order valence-corrected chi connectivity index (χ2v) is 192. The normalized spacial score (nSPS) is 15.2. The molecule has 48 heteroatoms. The van der Waals surface area contributed by atoms with Crippen LogP contribution in [0.5, 0.6) is 0 Å². The lowest BCUT2D eigenvalue weighted by molar-refractivity contribution is 1.87. The molecule has 0 spiro atoms. The summed E-state index contributed by atoms with van der Waals surface area (Å²) in [5, 5.41) is 0. The van der Waals surface area contributed by atoms with E-state index in [2.05, 4.69) is 232 Å². The highest BCUT2D eigenvalue weighted by molar-refractivity contribution is 9.32. The van der Waals surface area contributed by atoms with Gasteiger partial charge >= 0.3 is 0 Å². The molecule has 0 saturated heterocycles. The topological polar surface area (TPSA) is 0 Å². The molecule has 0 fully saturated rings. The summed E-state index contributed by atoms with van der Waals surface area (Å²) < 4.78 is 0.419. The summed E-state index contributed by atoms with van der Waals surface area (Å²) in [4.78, 5) is 0. The molecule has 0 aromatic carbocycles. The van der Waals surface area contributed by atoms with Gasteiger partial charge in [-0.15, -0.1) is 232 Å². The molecule has 0 bridgehead atoms. The van der Waals surface area contributed by atoms with Gasteiger partial charge in [0, 0.05) is 0 Å². The fourth-order valence-corrected chi connectivity index (χ4v) is 510. The lowest BCUT2D eigenvalue weighted by Gasteiger charge is -2.67. The van der Waals surface area contributed by atoms with E-state index in [1.807, 2.05) is 0 Å². The Hall–Kier alpha value is 20.6. The zero-order chi connectivity index (χ0) is 39.2. The smallest absolute Gasteiger partial charge is 0.0857 e. The van der Waals surface area contributed by atoms with Crippen LogP contribution in [0.2, 0.25) is 0 Å². The van der Waals surface area contributed by atoms with Crippen molar-refractivity contribution in [2.24, 2.45) is 0 Å². The van der Waals surface area contributed by atoms with Crippen molar-refractivity contribution in [3.63, 3.8) is 0 Å². The van der Waals surface area contributed by atoms with E-state index in [4.69, 9.17) is 0 Å². The van der Waals surface area contributed by atoms with E-state index in [9.17, 15) is 0 Å². The van der Waals surface area contributed by atoms with Crippen LogP contribution in [0.3, 0.4) is 0 Å². The molecule has 27 unspecified atom stereocenters. The third kappa shape index (κ3) is 22.4. The molecule has 0 aliphatic carbocycles. The molecule has 49 heavy (non-hydrogen) atoms. The Bertz CT molecular complexity index is 736. The van der Waals surface area contributed by atoms with Gasteiger partial charge < -0.3 is 0 Å².